The number of aromatic nitrogens is 1. The smallest absolute Gasteiger partial charge is 0.271 e. The topological polar surface area (TPSA) is 68.0 Å². The molecule has 3 N–H and O–H groups in total. The Bertz CT molecular complexity index is 631. The summed E-state index contributed by atoms with van der Waals surface area (Å²) in [5.74, 6) is -0.541. The summed E-state index contributed by atoms with van der Waals surface area (Å²) in [5, 5.41) is 2.96. The van der Waals surface area contributed by atoms with E-state index in [4.69, 9.17) is 17.3 Å². The molecule has 0 fully saturated rings. The maximum absolute atomic E-state index is 12.8. The van der Waals surface area contributed by atoms with Gasteiger partial charge in [-0.3, -0.25) is 4.79 Å². The molecule has 1 aromatic heterocycles. The number of pyridine rings is 1. The Morgan fingerprint density at radius 1 is 1.30 bits per heavy atom. The third-order valence-corrected chi connectivity index (χ3v) is 3.11. The number of nitrogens with two attached hydrogens (primary N) is 1. The second-order valence-corrected chi connectivity index (χ2v) is 4.72. The molecule has 1 aromatic carbocycles. The Kier molecular flexibility index (Phi) is 4.20. The number of carbonyl (C=O) groups is 1. The first-order valence-corrected chi connectivity index (χ1v) is 6.33. The molecule has 1 amide bonds. The second kappa shape index (κ2) is 5.88. The van der Waals surface area contributed by atoms with Gasteiger partial charge in [0.1, 0.15) is 17.3 Å². The second-order valence-electron chi connectivity index (χ2n) is 4.31. The third-order valence-electron chi connectivity index (χ3n) is 2.80. The van der Waals surface area contributed by atoms with Crippen LogP contribution in [-0.2, 0) is 0 Å². The van der Waals surface area contributed by atoms with Crippen LogP contribution in [0.15, 0.2) is 36.4 Å². The molecule has 0 radical (unpaired) electrons. The summed E-state index contributed by atoms with van der Waals surface area (Å²) in [7, 11) is 0. The first kappa shape index (κ1) is 14.3. The molecular weight excluding hydrogens is 281 g/mol. The van der Waals surface area contributed by atoms with E-state index in [2.05, 4.69) is 10.3 Å². The van der Waals surface area contributed by atoms with E-state index in [0.717, 1.165) is 5.56 Å². The molecule has 0 aliphatic rings. The van der Waals surface area contributed by atoms with E-state index in [1.165, 1.54) is 24.3 Å². The van der Waals surface area contributed by atoms with Crippen LogP contribution in [0.5, 0.6) is 0 Å². The van der Waals surface area contributed by atoms with Gasteiger partial charge in [0.05, 0.1) is 11.1 Å². The number of benzene rings is 1. The molecule has 0 aliphatic carbocycles. The van der Waals surface area contributed by atoms with Crippen molar-refractivity contribution in [1.82, 2.24) is 10.3 Å². The van der Waals surface area contributed by atoms with E-state index in [9.17, 15) is 9.18 Å². The van der Waals surface area contributed by atoms with Crippen molar-refractivity contribution in [2.24, 2.45) is 0 Å². The molecule has 6 heteroatoms. The predicted octanol–water partition coefficient (Wildman–Crippen LogP) is 2.95. The van der Waals surface area contributed by atoms with Crippen LogP contribution in [0.25, 0.3) is 0 Å². The fourth-order valence-corrected chi connectivity index (χ4v) is 1.91. The van der Waals surface area contributed by atoms with Crippen LogP contribution in [0.4, 0.5) is 10.2 Å². The number of nitrogens with zero attached hydrogens (tertiary/aromatic N) is 1. The molecule has 0 aliphatic heterocycles. The van der Waals surface area contributed by atoms with Gasteiger partial charge in [0.15, 0.2) is 0 Å². The fourth-order valence-electron chi connectivity index (χ4n) is 1.72. The lowest BCUT2D eigenvalue weighted by Crippen LogP contribution is -2.28. The van der Waals surface area contributed by atoms with Crippen LogP contribution in [0.2, 0.25) is 5.02 Å². The number of nitrogen functional groups attached to an aromatic ring is 1. The largest absolute Gasteiger partial charge is 0.384 e. The molecule has 2 rings (SSSR count). The highest BCUT2D eigenvalue weighted by Gasteiger charge is 2.16. The van der Waals surface area contributed by atoms with Crippen LogP contribution in [0, 0.1) is 5.82 Å². The maximum Gasteiger partial charge on any atom is 0.271 e. The number of halogens is 2. The van der Waals surface area contributed by atoms with Gasteiger partial charge in [0, 0.05) is 0 Å². The number of carbonyl (C=O) groups excluding carboxylic acids is 1. The molecular formula is C14H13ClFN3O. The number of anilines is 1. The molecule has 2 aromatic rings. The molecule has 0 bridgehead atoms. The van der Waals surface area contributed by atoms with E-state index in [0.29, 0.717) is 0 Å². The number of nitrogens with one attached hydrogen (secondary N) is 1. The van der Waals surface area contributed by atoms with Crippen LogP contribution in [-0.4, -0.2) is 10.9 Å². The number of rotatable bonds is 3. The summed E-state index contributed by atoms with van der Waals surface area (Å²) in [6.45, 7) is 1.78. The van der Waals surface area contributed by atoms with Gasteiger partial charge in [-0.1, -0.05) is 23.7 Å². The minimum Gasteiger partial charge on any atom is -0.384 e. The van der Waals surface area contributed by atoms with Gasteiger partial charge in [0.2, 0.25) is 0 Å². The summed E-state index contributed by atoms with van der Waals surface area (Å²) < 4.78 is 12.8. The molecule has 104 valence electrons. The zero-order chi connectivity index (χ0) is 14.7. The Balaban J connectivity index is 2.15. The average molecular weight is 294 g/mol. The van der Waals surface area contributed by atoms with Crippen molar-refractivity contribution < 1.29 is 9.18 Å². The van der Waals surface area contributed by atoms with Crippen molar-refractivity contribution in [3.8, 4) is 0 Å². The summed E-state index contributed by atoms with van der Waals surface area (Å²) in [4.78, 5) is 16.0. The first-order chi connectivity index (χ1) is 9.47. The molecule has 0 saturated carbocycles. The first-order valence-electron chi connectivity index (χ1n) is 5.95. The van der Waals surface area contributed by atoms with Crippen molar-refractivity contribution in [2.45, 2.75) is 13.0 Å². The Hall–Kier alpha value is -2.14. The molecule has 1 atom stereocenters. The Morgan fingerprint density at radius 2 is 1.95 bits per heavy atom. The van der Waals surface area contributed by atoms with Gasteiger partial charge in [-0.05, 0) is 36.8 Å². The van der Waals surface area contributed by atoms with E-state index < -0.39 is 5.91 Å². The predicted molar refractivity (Wildman–Crippen MR) is 75.9 cm³/mol. The van der Waals surface area contributed by atoms with Gasteiger partial charge >= 0.3 is 0 Å². The summed E-state index contributed by atoms with van der Waals surface area (Å²) in [6.07, 6.45) is 0. The van der Waals surface area contributed by atoms with Gasteiger partial charge in [0.25, 0.3) is 5.91 Å². The van der Waals surface area contributed by atoms with E-state index in [-0.39, 0.29) is 28.4 Å². The van der Waals surface area contributed by atoms with Crippen LogP contribution < -0.4 is 11.1 Å². The Labute approximate surface area is 120 Å². The number of amides is 1. The van der Waals surface area contributed by atoms with Crippen LogP contribution in [0.3, 0.4) is 0 Å². The van der Waals surface area contributed by atoms with Crippen molar-refractivity contribution in [3.05, 3.63) is 58.5 Å². The molecule has 4 nitrogen and oxygen atoms in total. The van der Waals surface area contributed by atoms with Gasteiger partial charge in [-0.15, -0.1) is 0 Å². The fraction of sp³-hybridized carbons (Fsp3) is 0.143. The maximum atomic E-state index is 12.8. The average Bonchev–Trinajstić information content (AvgIpc) is 2.42. The Morgan fingerprint density at radius 3 is 2.60 bits per heavy atom. The number of hydrogen-bond donors (Lipinski definition) is 2. The monoisotopic (exact) mass is 293 g/mol. The lowest BCUT2D eigenvalue weighted by Gasteiger charge is -2.14. The van der Waals surface area contributed by atoms with Crippen LogP contribution >= 0.6 is 11.6 Å². The van der Waals surface area contributed by atoms with Crippen molar-refractivity contribution >= 4 is 23.3 Å². The van der Waals surface area contributed by atoms with E-state index in [1.54, 1.807) is 19.1 Å². The summed E-state index contributed by atoms with van der Waals surface area (Å²) >= 11 is 5.91. The quantitative estimate of drug-likeness (QED) is 0.914. The van der Waals surface area contributed by atoms with E-state index in [1.807, 2.05) is 0 Å². The molecule has 0 spiro atoms. The van der Waals surface area contributed by atoms with E-state index >= 15 is 0 Å². The SMILES string of the molecule is CC(NC(=O)c1nc(N)ccc1Cl)c1ccc(F)cc1. The lowest BCUT2D eigenvalue weighted by atomic mass is 10.1. The van der Waals surface area contributed by atoms with Gasteiger partial charge in [-0.25, -0.2) is 9.37 Å². The van der Waals surface area contributed by atoms with Gasteiger partial charge < -0.3 is 11.1 Å². The zero-order valence-corrected chi connectivity index (χ0v) is 11.5. The van der Waals surface area contributed by atoms with Crippen molar-refractivity contribution in [1.29, 1.82) is 0 Å². The molecule has 20 heavy (non-hydrogen) atoms. The summed E-state index contributed by atoms with van der Waals surface area (Å²) in [6, 6.07) is 8.61. The lowest BCUT2D eigenvalue weighted by molar-refractivity contribution is 0.0935. The molecule has 1 heterocycles. The molecule has 0 saturated heterocycles. The highest BCUT2D eigenvalue weighted by molar-refractivity contribution is 6.33. The zero-order valence-electron chi connectivity index (χ0n) is 10.7. The standard InChI is InChI=1S/C14H13ClFN3O/c1-8(9-2-4-10(16)5-3-9)18-14(20)13-11(15)6-7-12(17)19-13/h2-8H,1H3,(H2,17,19)(H,18,20). The van der Waals surface area contributed by atoms with Gasteiger partial charge in [-0.2, -0.15) is 0 Å². The third kappa shape index (κ3) is 3.24. The summed E-state index contributed by atoms with van der Waals surface area (Å²) in [5.41, 5.74) is 6.38. The molecule has 1 unspecified atom stereocenters. The minimum atomic E-state index is -0.431. The minimum absolute atomic E-state index is 0.0700. The highest BCUT2D eigenvalue weighted by Crippen LogP contribution is 2.18. The highest BCUT2D eigenvalue weighted by atomic mass is 35.5. The van der Waals surface area contributed by atoms with Crippen molar-refractivity contribution in [2.75, 3.05) is 5.73 Å². The number of hydrogen-bond acceptors (Lipinski definition) is 3. The van der Waals surface area contributed by atoms with Crippen molar-refractivity contribution in [3.63, 3.8) is 0 Å². The normalized spacial score (nSPS) is 11.9. The van der Waals surface area contributed by atoms with Crippen LogP contribution in [0.1, 0.15) is 29.0 Å².